The van der Waals surface area contributed by atoms with Gasteiger partial charge in [0.2, 0.25) is 0 Å². The zero-order valence-corrected chi connectivity index (χ0v) is 13.2. The number of halogens is 2. The van der Waals surface area contributed by atoms with E-state index in [1.54, 1.807) is 0 Å². The van der Waals surface area contributed by atoms with Gasteiger partial charge in [-0.15, -0.1) is 5.10 Å². The molecule has 21 heavy (non-hydrogen) atoms. The van der Waals surface area contributed by atoms with E-state index in [1.807, 2.05) is 13.8 Å². The number of hydrogen-bond acceptors (Lipinski definition) is 4. The molecular formula is C15H13BrFN3O. The largest absolute Gasteiger partial charge is 0.437 e. The normalized spacial score (nSPS) is 10.2. The van der Waals surface area contributed by atoms with Crippen molar-refractivity contribution in [1.29, 1.82) is 5.26 Å². The first-order chi connectivity index (χ1) is 10.1. The van der Waals surface area contributed by atoms with Gasteiger partial charge in [-0.25, -0.2) is 4.39 Å². The van der Waals surface area contributed by atoms with Gasteiger partial charge in [0.05, 0.1) is 10.2 Å². The molecule has 0 fully saturated rings. The molecule has 108 valence electrons. The third-order valence-electron chi connectivity index (χ3n) is 3.03. The summed E-state index contributed by atoms with van der Waals surface area (Å²) in [4.78, 5) is 0. The summed E-state index contributed by atoms with van der Waals surface area (Å²) in [6.45, 7) is 3.91. The van der Waals surface area contributed by atoms with Crippen molar-refractivity contribution in [1.82, 2.24) is 10.2 Å². The van der Waals surface area contributed by atoms with Gasteiger partial charge in [-0.1, -0.05) is 13.8 Å². The summed E-state index contributed by atoms with van der Waals surface area (Å²) in [7, 11) is 0. The molecule has 1 heterocycles. The van der Waals surface area contributed by atoms with Crippen LogP contribution < -0.4 is 4.74 Å². The molecule has 0 radical (unpaired) electrons. The molecule has 0 N–H and O–H groups in total. The molecule has 2 aromatic rings. The SMILES string of the molecule is CCc1nnc(Oc2ccc(F)c(Br)c2)c(C#N)c1CC. The third-order valence-corrected chi connectivity index (χ3v) is 3.64. The van der Waals surface area contributed by atoms with Crippen molar-refractivity contribution in [3.63, 3.8) is 0 Å². The lowest BCUT2D eigenvalue weighted by atomic mass is 10.0. The van der Waals surface area contributed by atoms with E-state index in [4.69, 9.17) is 4.74 Å². The summed E-state index contributed by atoms with van der Waals surface area (Å²) < 4.78 is 19.1. The number of ether oxygens (including phenoxy) is 1. The number of hydrogen-bond donors (Lipinski definition) is 0. The smallest absolute Gasteiger partial charge is 0.257 e. The maximum Gasteiger partial charge on any atom is 0.257 e. The number of aryl methyl sites for hydroxylation is 1. The molecule has 0 aliphatic carbocycles. The molecule has 4 nitrogen and oxygen atoms in total. The first-order valence-corrected chi connectivity index (χ1v) is 7.31. The van der Waals surface area contributed by atoms with Gasteiger partial charge >= 0.3 is 0 Å². The van der Waals surface area contributed by atoms with Gasteiger partial charge in [-0.2, -0.15) is 10.4 Å². The van der Waals surface area contributed by atoms with Crippen LogP contribution in [0.15, 0.2) is 22.7 Å². The molecule has 1 aromatic heterocycles. The summed E-state index contributed by atoms with van der Waals surface area (Å²) in [5, 5.41) is 17.4. The number of aromatic nitrogens is 2. The topological polar surface area (TPSA) is 58.8 Å². The van der Waals surface area contributed by atoms with E-state index < -0.39 is 0 Å². The Morgan fingerprint density at radius 2 is 2.05 bits per heavy atom. The van der Waals surface area contributed by atoms with E-state index in [1.165, 1.54) is 18.2 Å². The Hall–Kier alpha value is -2.00. The summed E-state index contributed by atoms with van der Waals surface area (Å²) in [6.07, 6.45) is 1.37. The van der Waals surface area contributed by atoms with Crippen LogP contribution in [0.1, 0.15) is 30.7 Å². The van der Waals surface area contributed by atoms with Gasteiger partial charge in [-0.05, 0) is 52.5 Å². The molecule has 0 atom stereocenters. The molecule has 0 spiro atoms. The molecule has 0 aliphatic heterocycles. The lowest BCUT2D eigenvalue weighted by Crippen LogP contribution is -2.05. The van der Waals surface area contributed by atoms with Gasteiger partial charge in [0.1, 0.15) is 23.2 Å². The number of nitriles is 1. The quantitative estimate of drug-likeness (QED) is 0.831. The van der Waals surface area contributed by atoms with E-state index in [-0.39, 0.29) is 16.2 Å². The molecule has 0 unspecified atom stereocenters. The minimum atomic E-state index is -0.385. The Balaban J connectivity index is 2.44. The second kappa shape index (κ2) is 6.64. The van der Waals surface area contributed by atoms with Crippen LogP contribution in [0.3, 0.4) is 0 Å². The lowest BCUT2D eigenvalue weighted by Gasteiger charge is -2.11. The monoisotopic (exact) mass is 349 g/mol. The van der Waals surface area contributed by atoms with E-state index in [0.717, 1.165) is 11.3 Å². The molecular weight excluding hydrogens is 337 g/mol. The summed E-state index contributed by atoms with van der Waals surface area (Å²) in [5.41, 5.74) is 2.01. The molecule has 0 bridgehead atoms. The highest BCUT2D eigenvalue weighted by Gasteiger charge is 2.16. The zero-order chi connectivity index (χ0) is 15.4. The number of benzene rings is 1. The number of nitrogens with zero attached hydrogens (tertiary/aromatic N) is 3. The van der Waals surface area contributed by atoms with Crippen LogP contribution in [0, 0.1) is 17.1 Å². The standard InChI is InChI=1S/C15H13BrFN3O/c1-3-10-11(8-18)15(20-19-14(10)4-2)21-9-5-6-13(17)12(16)7-9/h5-7H,3-4H2,1-2H3. The van der Waals surface area contributed by atoms with Gasteiger partial charge < -0.3 is 4.74 Å². The van der Waals surface area contributed by atoms with Crippen LogP contribution >= 0.6 is 15.9 Å². The first kappa shape index (κ1) is 15.4. The lowest BCUT2D eigenvalue weighted by molar-refractivity contribution is 0.449. The Morgan fingerprint density at radius 1 is 1.29 bits per heavy atom. The van der Waals surface area contributed by atoms with Crippen LogP contribution in [-0.4, -0.2) is 10.2 Å². The Morgan fingerprint density at radius 3 is 2.62 bits per heavy atom. The predicted molar refractivity (Wildman–Crippen MR) is 79.7 cm³/mol. The van der Waals surface area contributed by atoms with Gasteiger partial charge in [0, 0.05) is 0 Å². The summed E-state index contributed by atoms with van der Waals surface area (Å²) in [6, 6.07) is 6.36. The molecule has 2 rings (SSSR count). The fourth-order valence-electron chi connectivity index (χ4n) is 1.99. The Bertz CT molecular complexity index is 713. The van der Waals surface area contributed by atoms with Crippen LogP contribution in [0.25, 0.3) is 0 Å². The minimum Gasteiger partial charge on any atom is -0.437 e. The van der Waals surface area contributed by atoms with Crippen molar-refractivity contribution < 1.29 is 9.13 Å². The molecule has 0 aliphatic rings. The molecule has 0 amide bonds. The fourth-order valence-corrected chi connectivity index (χ4v) is 2.35. The second-order valence-corrected chi connectivity index (χ2v) is 5.16. The summed E-state index contributed by atoms with van der Waals surface area (Å²) in [5.74, 6) is 0.148. The highest BCUT2D eigenvalue weighted by molar-refractivity contribution is 9.10. The van der Waals surface area contributed by atoms with E-state index in [2.05, 4.69) is 32.2 Å². The van der Waals surface area contributed by atoms with Crippen molar-refractivity contribution in [2.75, 3.05) is 0 Å². The third kappa shape index (κ3) is 3.19. The van der Waals surface area contributed by atoms with Crippen LogP contribution in [0.4, 0.5) is 4.39 Å². The maximum absolute atomic E-state index is 13.2. The van der Waals surface area contributed by atoms with Gasteiger partial charge in [-0.3, -0.25) is 0 Å². The van der Waals surface area contributed by atoms with Crippen molar-refractivity contribution >= 4 is 15.9 Å². The fraction of sp³-hybridized carbons (Fsp3) is 0.267. The van der Waals surface area contributed by atoms with Gasteiger partial charge in [0.25, 0.3) is 5.88 Å². The first-order valence-electron chi connectivity index (χ1n) is 6.52. The van der Waals surface area contributed by atoms with Crippen molar-refractivity contribution in [2.24, 2.45) is 0 Å². The van der Waals surface area contributed by atoms with E-state index >= 15 is 0 Å². The van der Waals surface area contributed by atoms with Crippen LogP contribution in [0.5, 0.6) is 11.6 Å². The minimum absolute atomic E-state index is 0.144. The van der Waals surface area contributed by atoms with Crippen molar-refractivity contribution in [3.8, 4) is 17.7 Å². The average molecular weight is 350 g/mol. The Kier molecular flexibility index (Phi) is 4.86. The maximum atomic E-state index is 13.2. The van der Waals surface area contributed by atoms with E-state index in [9.17, 15) is 9.65 Å². The average Bonchev–Trinajstić information content (AvgIpc) is 2.50. The van der Waals surface area contributed by atoms with E-state index in [0.29, 0.717) is 24.2 Å². The molecule has 0 saturated carbocycles. The van der Waals surface area contributed by atoms with Crippen LogP contribution in [0.2, 0.25) is 0 Å². The zero-order valence-electron chi connectivity index (χ0n) is 11.7. The van der Waals surface area contributed by atoms with Gasteiger partial charge in [0.15, 0.2) is 0 Å². The van der Waals surface area contributed by atoms with Crippen molar-refractivity contribution in [2.45, 2.75) is 26.7 Å². The molecule has 1 aromatic carbocycles. The molecule has 6 heteroatoms. The Labute approximate surface area is 130 Å². The highest BCUT2D eigenvalue weighted by atomic mass is 79.9. The summed E-state index contributed by atoms with van der Waals surface area (Å²) >= 11 is 3.09. The second-order valence-electron chi connectivity index (χ2n) is 4.30. The van der Waals surface area contributed by atoms with Crippen molar-refractivity contribution in [3.05, 3.63) is 45.3 Å². The number of rotatable bonds is 4. The predicted octanol–water partition coefficient (Wildman–Crippen LogP) is 4.17. The highest BCUT2D eigenvalue weighted by Crippen LogP contribution is 2.29. The van der Waals surface area contributed by atoms with Crippen LogP contribution in [-0.2, 0) is 12.8 Å². The molecule has 0 saturated heterocycles.